The maximum atomic E-state index is 12.5. The quantitative estimate of drug-likeness (QED) is 0.666. The van der Waals surface area contributed by atoms with Crippen molar-refractivity contribution >= 4 is 17.6 Å². The minimum absolute atomic E-state index is 0.105. The van der Waals surface area contributed by atoms with Crippen LogP contribution in [0.5, 0.6) is 0 Å². The number of para-hydroxylation sites is 2. The molecule has 2 aromatic carbocycles. The Balaban J connectivity index is 1.43. The molecular formula is C20H18N4O3. The molecule has 7 heteroatoms. The van der Waals surface area contributed by atoms with Crippen LogP contribution in [0.1, 0.15) is 21.7 Å². The van der Waals surface area contributed by atoms with Gasteiger partial charge >= 0.3 is 5.97 Å². The van der Waals surface area contributed by atoms with Gasteiger partial charge in [-0.15, -0.1) is 5.10 Å². The van der Waals surface area contributed by atoms with Crippen LogP contribution in [0.2, 0.25) is 0 Å². The van der Waals surface area contributed by atoms with Crippen molar-refractivity contribution in [3.05, 3.63) is 71.5 Å². The minimum Gasteiger partial charge on any atom is -0.451 e. The predicted molar refractivity (Wildman–Crippen MR) is 98.9 cm³/mol. The topological polar surface area (TPSA) is 77.3 Å². The maximum absolute atomic E-state index is 12.5. The Morgan fingerprint density at radius 2 is 1.78 bits per heavy atom. The summed E-state index contributed by atoms with van der Waals surface area (Å²) in [6, 6.07) is 17.0. The number of hydrogen-bond acceptors (Lipinski definition) is 5. The third-order valence-corrected chi connectivity index (χ3v) is 4.48. The van der Waals surface area contributed by atoms with Gasteiger partial charge in [0.1, 0.15) is 0 Å². The fourth-order valence-corrected chi connectivity index (χ4v) is 3.12. The molecule has 4 rings (SSSR count). The number of carbonyl (C=O) groups excluding carboxylic acids is 2. The van der Waals surface area contributed by atoms with Gasteiger partial charge in [-0.25, -0.2) is 4.79 Å². The normalized spacial score (nSPS) is 12.7. The van der Waals surface area contributed by atoms with Crippen LogP contribution in [-0.4, -0.2) is 40.0 Å². The Labute approximate surface area is 156 Å². The lowest BCUT2D eigenvalue weighted by Gasteiger charge is -2.16. The second-order valence-electron chi connectivity index (χ2n) is 6.26. The number of aromatic nitrogens is 3. The molecule has 7 nitrogen and oxygen atoms in total. The lowest BCUT2D eigenvalue weighted by Crippen LogP contribution is -2.33. The van der Waals surface area contributed by atoms with Crippen LogP contribution in [0, 0.1) is 6.92 Å². The number of anilines is 1. The summed E-state index contributed by atoms with van der Waals surface area (Å²) in [7, 11) is 0. The second kappa shape index (κ2) is 7.03. The van der Waals surface area contributed by atoms with Gasteiger partial charge in [0, 0.05) is 12.2 Å². The van der Waals surface area contributed by atoms with Crippen LogP contribution in [0.4, 0.5) is 5.69 Å². The molecule has 0 aliphatic carbocycles. The molecule has 0 fully saturated rings. The molecule has 1 amide bonds. The third kappa shape index (κ3) is 3.31. The summed E-state index contributed by atoms with van der Waals surface area (Å²) in [5.41, 5.74) is 3.30. The largest absolute Gasteiger partial charge is 0.451 e. The van der Waals surface area contributed by atoms with E-state index in [1.165, 1.54) is 4.80 Å². The van der Waals surface area contributed by atoms with E-state index in [-0.39, 0.29) is 18.2 Å². The van der Waals surface area contributed by atoms with Gasteiger partial charge in [-0.05, 0) is 37.1 Å². The number of fused-ring (bicyclic) bond motifs is 1. The number of aryl methyl sites for hydroxylation is 1. The number of nitrogens with zero attached hydrogens (tertiary/aromatic N) is 4. The molecule has 0 bridgehead atoms. The van der Waals surface area contributed by atoms with Gasteiger partial charge in [-0.3, -0.25) is 4.79 Å². The van der Waals surface area contributed by atoms with Crippen LogP contribution in [0.3, 0.4) is 0 Å². The first kappa shape index (κ1) is 17.0. The molecule has 3 aromatic rings. The summed E-state index contributed by atoms with van der Waals surface area (Å²) < 4.78 is 5.20. The molecule has 0 unspecified atom stereocenters. The summed E-state index contributed by atoms with van der Waals surface area (Å²) in [6.45, 7) is 1.95. The fraction of sp³-hybridized carbons (Fsp3) is 0.200. The molecule has 0 N–H and O–H groups in total. The van der Waals surface area contributed by atoms with E-state index < -0.39 is 5.97 Å². The minimum atomic E-state index is -0.657. The van der Waals surface area contributed by atoms with E-state index in [9.17, 15) is 9.59 Å². The maximum Gasteiger partial charge on any atom is 0.361 e. The van der Waals surface area contributed by atoms with Gasteiger partial charge in [0.05, 0.1) is 11.4 Å². The van der Waals surface area contributed by atoms with Crippen molar-refractivity contribution in [3.63, 3.8) is 0 Å². The number of ether oxygens (including phenoxy) is 1. The Morgan fingerprint density at radius 3 is 2.59 bits per heavy atom. The van der Waals surface area contributed by atoms with Crippen molar-refractivity contribution in [2.24, 2.45) is 0 Å². The predicted octanol–water partition coefficient (Wildman–Crippen LogP) is 2.32. The number of hydrogen-bond donors (Lipinski definition) is 0. The molecule has 0 atom stereocenters. The molecule has 0 radical (unpaired) electrons. The fourth-order valence-electron chi connectivity index (χ4n) is 3.12. The molecular weight excluding hydrogens is 344 g/mol. The Morgan fingerprint density at radius 1 is 1.04 bits per heavy atom. The first-order chi connectivity index (χ1) is 13.1. The lowest BCUT2D eigenvalue weighted by molar-refractivity contribution is -0.121. The van der Waals surface area contributed by atoms with Gasteiger partial charge in [-0.1, -0.05) is 36.4 Å². The van der Waals surface area contributed by atoms with Crippen LogP contribution in [0.25, 0.3) is 5.69 Å². The van der Waals surface area contributed by atoms with Gasteiger partial charge in [0.25, 0.3) is 5.91 Å². The lowest BCUT2D eigenvalue weighted by atomic mass is 10.2. The summed E-state index contributed by atoms with van der Waals surface area (Å²) in [6.07, 6.45) is 0.806. The van der Waals surface area contributed by atoms with Crippen molar-refractivity contribution in [1.82, 2.24) is 15.0 Å². The highest BCUT2D eigenvalue weighted by Crippen LogP contribution is 2.27. The number of esters is 1. The molecule has 1 aliphatic heterocycles. The smallest absolute Gasteiger partial charge is 0.361 e. The average Bonchev–Trinajstić information content (AvgIpc) is 3.30. The van der Waals surface area contributed by atoms with Crippen molar-refractivity contribution in [1.29, 1.82) is 0 Å². The highest BCUT2D eigenvalue weighted by molar-refractivity contribution is 5.98. The molecule has 1 aliphatic rings. The van der Waals surface area contributed by atoms with Crippen molar-refractivity contribution < 1.29 is 14.3 Å². The summed E-state index contributed by atoms with van der Waals surface area (Å²) in [5, 5.41) is 8.44. The zero-order chi connectivity index (χ0) is 18.8. The van der Waals surface area contributed by atoms with E-state index in [1.54, 1.807) is 11.8 Å². The highest BCUT2D eigenvalue weighted by atomic mass is 16.5. The van der Waals surface area contributed by atoms with E-state index in [4.69, 9.17) is 4.74 Å². The zero-order valence-electron chi connectivity index (χ0n) is 14.8. The Bertz CT molecular complexity index is 997. The highest BCUT2D eigenvalue weighted by Gasteiger charge is 2.26. The van der Waals surface area contributed by atoms with Gasteiger partial charge < -0.3 is 9.64 Å². The summed E-state index contributed by atoms with van der Waals surface area (Å²) in [5.74, 6) is -0.906. The number of amides is 1. The molecule has 136 valence electrons. The number of rotatable bonds is 4. The van der Waals surface area contributed by atoms with Gasteiger partial charge in [0.15, 0.2) is 12.3 Å². The van der Waals surface area contributed by atoms with Crippen LogP contribution in [-0.2, 0) is 16.0 Å². The van der Waals surface area contributed by atoms with Gasteiger partial charge in [0.2, 0.25) is 0 Å². The number of carbonyl (C=O) groups is 2. The van der Waals surface area contributed by atoms with E-state index in [0.29, 0.717) is 12.2 Å². The summed E-state index contributed by atoms with van der Waals surface area (Å²) >= 11 is 0. The second-order valence-corrected chi connectivity index (χ2v) is 6.26. The third-order valence-electron chi connectivity index (χ3n) is 4.48. The molecule has 0 saturated carbocycles. The standard InChI is InChI=1S/C20H18N4O3/c1-14-19(22-24(21-14)16-8-3-2-4-9-16)20(26)27-13-18(25)23-12-11-15-7-5-6-10-17(15)23/h2-10H,11-13H2,1H3. The van der Waals surface area contributed by atoms with E-state index in [2.05, 4.69) is 10.2 Å². The zero-order valence-corrected chi connectivity index (χ0v) is 14.8. The monoisotopic (exact) mass is 362 g/mol. The van der Waals surface area contributed by atoms with Gasteiger partial charge in [-0.2, -0.15) is 9.90 Å². The van der Waals surface area contributed by atoms with Crippen LogP contribution < -0.4 is 4.90 Å². The molecule has 0 spiro atoms. The molecule has 0 saturated heterocycles. The van der Waals surface area contributed by atoms with E-state index in [0.717, 1.165) is 23.4 Å². The first-order valence-electron chi connectivity index (χ1n) is 8.68. The Kier molecular flexibility index (Phi) is 4.42. The molecule has 2 heterocycles. The first-order valence-corrected chi connectivity index (χ1v) is 8.68. The summed E-state index contributed by atoms with van der Waals surface area (Å²) in [4.78, 5) is 27.9. The van der Waals surface area contributed by atoms with E-state index >= 15 is 0 Å². The number of benzene rings is 2. The van der Waals surface area contributed by atoms with Crippen molar-refractivity contribution in [2.45, 2.75) is 13.3 Å². The SMILES string of the molecule is Cc1nn(-c2ccccc2)nc1C(=O)OCC(=O)N1CCc2ccccc21. The van der Waals surface area contributed by atoms with Crippen molar-refractivity contribution in [2.75, 3.05) is 18.1 Å². The van der Waals surface area contributed by atoms with E-state index in [1.807, 2.05) is 54.6 Å². The van der Waals surface area contributed by atoms with Crippen molar-refractivity contribution in [3.8, 4) is 5.69 Å². The van der Waals surface area contributed by atoms with Crippen LogP contribution >= 0.6 is 0 Å². The molecule has 27 heavy (non-hydrogen) atoms. The Hall–Kier alpha value is -3.48. The average molecular weight is 362 g/mol. The molecule has 1 aromatic heterocycles. The van der Waals surface area contributed by atoms with Crippen LogP contribution in [0.15, 0.2) is 54.6 Å².